The third-order valence-electron chi connectivity index (χ3n) is 9.30. The van der Waals surface area contributed by atoms with Crippen LogP contribution in [0.15, 0.2) is 24.7 Å². The molecular weight excluding hydrogens is 560 g/mol. The van der Waals surface area contributed by atoms with Crippen molar-refractivity contribution in [2.24, 2.45) is 5.92 Å². The van der Waals surface area contributed by atoms with E-state index in [1.165, 1.54) is 29.8 Å². The van der Waals surface area contributed by atoms with Crippen LogP contribution in [0.2, 0.25) is 0 Å². The van der Waals surface area contributed by atoms with Gasteiger partial charge in [-0.1, -0.05) is 0 Å². The van der Waals surface area contributed by atoms with Gasteiger partial charge < -0.3 is 29.9 Å². The highest BCUT2D eigenvalue weighted by Gasteiger charge is 2.39. The van der Waals surface area contributed by atoms with Gasteiger partial charge in [0.05, 0.1) is 43.3 Å². The maximum Gasteiger partial charge on any atom is 0.284 e. The van der Waals surface area contributed by atoms with E-state index >= 15 is 0 Å². The van der Waals surface area contributed by atoms with E-state index in [1.807, 2.05) is 6.07 Å². The molecule has 0 aromatic carbocycles. The minimum absolute atomic E-state index is 0.0123. The summed E-state index contributed by atoms with van der Waals surface area (Å²) >= 11 is 0. The van der Waals surface area contributed by atoms with E-state index in [9.17, 15) is 13.6 Å². The lowest BCUT2D eigenvalue weighted by molar-refractivity contribution is 0.0601. The van der Waals surface area contributed by atoms with Gasteiger partial charge in [-0.3, -0.25) is 9.48 Å². The molecule has 3 aromatic heterocycles. The summed E-state index contributed by atoms with van der Waals surface area (Å²) in [5, 5.41) is 14.5. The molecule has 43 heavy (non-hydrogen) atoms. The number of alkyl halides is 2. The second kappa shape index (κ2) is 12.4. The van der Waals surface area contributed by atoms with Crippen LogP contribution in [0, 0.1) is 5.92 Å². The molecule has 12 nitrogen and oxygen atoms in total. The first-order valence-electron chi connectivity index (χ1n) is 15.4. The summed E-state index contributed by atoms with van der Waals surface area (Å²) in [7, 11) is 0. The molecule has 0 unspecified atom stereocenters. The lowest BCUT2D eigenvalue weighted by atomic mass is 9.99. The quantitative estimate of drug-likeness (QED) is 0.340. The van der Waals surface area contributed by atoms with Crippen LogP contribution >= 0.6 is 0 Å². The molecule has 2 N–H and O–H groups in total. The maximum atomic E-state index is 14.0. The monoisotopic (exact) mass is 599 g/mol. The van der Waals surface area contributed by atoms with Crippen LogP contribution < -0.4 is 15.5 Å². The zero-order chi connectivity index (χ0) is 29.3. The summed E-state index contributed by atoms with van der Waals surface area (Å²) in [6.07, 6.45) is 6.97. The van der Waals surface area contributed by atoms with Gasteiger partial charge in [-0.05, 0) is 57.2 Å². The van der Waals surface area contributed by atoms with Crippen molar-refractivity contribution in [1.82, 2.24) is 34.6 Å². The Hall–Kier alpha value is -3.20. The molecule has 4 saturated heterocycles. The number of ether oxygens (including phenoxy) is 2. The van der Waals surface area contributed by atoms with Crippen LogP contribution in [-0.4, -0.2) is 106 Å². The number of halogens is 2. The third kappa shape index (κ3) is 6.10. The third-order valence-corrected chi connectivity index (χ3v) is 9.30. The van der Waals surface area contributed by atoms with Gasteiger partial charge in [-0.2, -0.15) is 10.2 Å². The smallest absolute Gasteiger partial charge is 0.284 e. The first kappa shape index (κ1) is 28.6. The van der Waals surface area contributed by atoms with Crippen molar-refractivity contribution in [2.45, 2.75) is 56.7 Å². The largest absolute Gasteiger partial charge is 0.380 e. The number of nitrogens with one attached hydrogen (secondary N) is 2. The van der Waals surface area contributed by atoms with Crippen LogP contribution in [0.1, 0.15) is 60.6 Å². The fourth-order valence-corrected chi connectivity index (χ4v) is 6.80. The summed E-state index contributed by atoms with van der Waals surface area (Å²) in [4.78, 5) is 22.6. The molecular formula is C29H39F2N9O3. The molecule has 0 spiro atoms. The Kier molecular flexibility index (Phi) is 8.25. The average Bonchev–Trinajstić information content (AvgIpc) is 3.84. The van der Waals surface area contributed by atoms with Crippen molar-refractivity contribution < 1.29 is 23.0 Å². The Bertz CT molecular complexity index is 1420. The van der Waals surface area contributed by atoms with Crippen LogP contribution in [-0.2, 0) is 9.47 Å². The molecule has 3 aromatic rings. The van der Waals surface area contributed by atoms with Gasteiger partial charge in [0.1, 0.15) is 11.4 Å². The van der Waals surface area contributed by atoms with Crippen molar-refractivity contribution in [3.8, 4) is 0 Å². The number of hydrogen-bond donors (Lipinski definition) is 2. The van der Waals surface area contributed by atoms with Gasteiger partial charge in [-0.15, -0.1) is 0 Å². The van der Waals surface area contributed by atoms with Crippen molar-refractivity contribution >= 4 is 23.1 Å². The SMILES string of the molecule is O=C(Nc1cn(C2CCN(CCOCC3CCNCC3)CC2)nc1C(F)F)c1cnn2ccc(N3C[C@H]4C[C@@H]3CO4)nc12. The lowest BCUT2D eigenvalue weighted by Crippen LogP contribution is -2.37. The number of nitrogens with zero attached hydrogens (tertiary/aromatic N) is 7. The summed E-state index contributed by atoms with van der Waals surface area (Å²) in [6.45, 7) is 7.63. The molecule has 14 heteroatoms. The molecule has 4 fully saturated rings. The van der Waals surface area contributed by atoms with Gasteiger partial charge in [0.25, 0.3) is 12.3 Å². The van der Waals surface area contributed by atoms with E-state index < -0.39 is 18.0 Å². The zero-order valence-electron chi connectivity index (χ0n) is 24.2. The van der Waals surface area contributed by atoms with Gasteiger partial charge >= 0.3 is 0 Å². The number of likely N-dealkylation sites (tertiary alicyclic amines) is 1. The Balaban J connectivity index is 0.971. The van der Waals surface area contributed by atoms with Crippen LogP contribution in [0.25, 0.3) is 5.65 Å². The zero-order valence-corrected chi connectivity index (χ0v) is 24.2. The van der Waals surface area contributed by atoms with Gasteiger partial charge in [0.2, 0.25) is 0 Å². The molecule has 7 rings (SSSR count). The summed E-state index contributed by atoms with van der Waals surface area (Å²) < 4.78 is 42.8. The van der Waals surface area contributed by atoms with Crippen LogP contribution in [0.4, 0.5) is 20.3 Å². The molecule has 7 heterocycles. The molecule has 2 bridgehead atoms. The topological polar surface area (TPSA) is 114 Å². The molecule has 0 radical (unpaired) electrons. The summed E-state index contributed by atoms with van der Waals surface area (Å²) in [5.74, 6) is 0.845. The predicted octanol–water partition coefficient (Wildman–Crippen LogP) is 2.75. The van der Waals surface area contributed by atoms with E-state index in [0.717, 1.165) is 71.0 Å². The van der Waals surface area contributed by atoms with Crippen molar-refractivity contribution in [3.63, 3.8) is 0 Å². The predicted molar refractivity (Wildman–Crippen MR) is 155 cm³/mol. The molecule has 0 aliphatic carbocycles. The highest BCUT2D eigenvalue weighted by molar-refractivity contribution is 6.08. The number of morpholine rings is 1. The van der Waals surface area contributed by atoms with Crippen molar-refractivity contribution in [1.29, 1.82) is 0 Å². The fourth-order valence-electron chi connectivity index (χ4n) is 6.80. The second-order valence-corrected chi connectivity index (χ2v) is 12.1. The second-order valence-electron chi connectivity index (χ2n) is 12.1. The molecule has 1 amide bonds. The highest BCUT2D eigenvalue weighted by Crippen LogP contribution is 2.33. The van der Waals surface area contributed by atoms with E-state index in [2.05, 4.69) is 30.6 Å². The number of amides is 1. The maximum absolute atomic E-state index is 14.0. The molecule has 0 saturated carbocycles. The lowest BCUT2D eigenvalue weighted by Gasteiger charge is -2.32. The van der Waals surface area contributed by atoms with Gasteiger partial charge in [0.15, 0.2) is 11.3 Å². The molecule has 4 aliphatic heterocycles. The summed E-state index contributed by atoms with van der Waals surface area (Å²) in [5.41, 5.74) is 0.168. The average molecular weight is 600 g/mol. The standard InChI is InChI=1S/C29H39F2N9O3/c30-27(31)26-24(16-40(36-26)20-3-8-37(9-4-20)11-12-42-17-19-1-6-32-7-2-19)34-29(41)23-14-33-39-10-5-25(35-28(23)39)38-15-22-13-21(38)18-43-22/h5,10,14,16,19-22,27,32H,1-4,6-9,11-13,15,17-18H2,(H,34,41)/t21-,22-/m1/s1. The number of carbonyl (C=O) groups excluding carboxylic acids is 1. The minimum Gasteiger partial charge on any atom is -0.380 e. The van der Waals surface area contributed by atoms with Gasteiger partial charge in [0, 0.05) is 45.2 Å². The van der Waals surface area contributed by atoms with E-state index in [-0.39, 0.29) is 29.4 Å². The number of piperidine rings is 2. The summed E-state index contributed by atoms with van der Waals surface area (Å²) in [6, 6.07) is 2.12. The normalized spacial score (nSPS) is 23.7. The van der Waals surface area contributed by atoms with Crippen molar-refractivity contribution in [3.05, 3.63) is 35.9 Å². The Labute approximate surface area is 248 Å². The molecule has 4 aliphatic rings. The van der Waals surface area contributed by atoms with Crippen LogP contribution in [0.3, 0.4) is 0 Å². The molecule has 2 atom stereocenters. The van der Waals surface area contributed by atoms with Gasteiger partial charge in [-0.25, -0.2) is 18.3 Å². The first-order valence-corrected chi connectivity index (χ1v) is 15.4. The van der Waals surface area contributed by atoms with Crippen molar-refractivity contribution in [2.75, 3.05) is 69.3 Å². The minimum atomic E-state index is -2.82. The fraction of sp³-hybridized carbons (Fsp3) is 0.655. The number of carbonyl (C=O) groups is 1. The van der Waals surface area contributed by atoms with E-state index in [1.54, 1.807) is 10.9 Å². The Morgan fingerprint density at radius 3 is 2.77 bits per heavy atom. The Morgan fingerprint density at radius 2 is 2.02 bits per heavy atom. The number of fused-ring (bicyclic) bond motifs is 3. The Morgan fingerprint density at radius 1 is 1.19 bits per heavy atom. The number of hydrogen-bond acceptors (Lipinski definition) is 9. The number of rotatable bonds is 10. The highest BCUT2D eigenvalue weighted by atomic mass is 19.3. The number of aromatic nitrogens is 5. The van der Waals surface area contributed by atoms with Crippen LogP contribution in [0.5, 0.6) is 0 Å². The van der Waals surface area contributed by atoms with E-state index in [4.69, 9.17) is 14.5 Å². The first-order chi connectivity index (χ1) is 21.0. The molecule has 232 valence electrons. The van der Waals surface area contributed by atoms with E-state index in [0.29, 0.717) is 24.8 Å². The number of anilines is 2.